The van der Waals surface area contributed by atoms with Gasteiger partial charge in [-0.05, 0) is 57.2 Å². The van der Waals surface area contributed by atoms with Crippen molar-refractivity contribution in [2.75, 3.05) is 25.1 Å². The maximum atomic E-state index is 12.4. The van der Waals surface area contributed by atoms with Gasteiger partial charge in [-0.25, -0.2) is 4.98 Å². The van der Waals surface area contributed by atoms with Crippen molar-refractivity contribution in [3.63, 3.8) is 0 Å². The van der Waals surface area contributed by atoms with Crippen LogP contribution in [0.5, 0.6) is 0 Å². The Morgan fingerprint density at radius 1 is 1.29 bits per heavy atom. The standard InChI is InChI=1S/C26H30N4O3S/c1-25(2,3)30-9-7-18(14-30)23(32)27-13-22(31)29-24-28-21(16-34-24)17-5-4-6-19(11-17)26-8-10-33-15-20(26)12-26/h4-7,9,11,14,16,20H,8,10,12-13,15H2,1-3H3,(H,27,32)(H,28,29,31). The highest BCUT2D eigenvalue weighted by Gasteiger charge is 2.56. The smallest absolute Gasteiger partial charge is 0.253 e. The summed E-state index contributed by atoms with van der Waals surface area (Å²) < 4.78 is 7.59. The van der Waals surface area contributed by atoms with Crippen molar-refractivity contribution < 1.29 is 14.3 Å². The number of aromatic nitrogens is 2. The second kappa shape index (κ2) is 8.67. The maximum Gasteiger partial charge on any atom is 0.253 e. The average Bonchev–Trinajstić information content (AvgIpc) is 3.11. The number of nitrogens with one attached hydrogen (secondary N) is 2. The number of carbonyl (C=O) groups is 2. The van der Waals surface area contributed by atoms with Crippen LogP contribution in [0.3, 0.4) is 0 Å². The fourth-order valence-corrected chi connectivity index (χ4v) is 5.45. The zero-order valence-corrected chi connectivity index (χ0v) is 20.6. The molecule has 1 saturated carbocycles. The van der Waals surface area contributed by atoms with Crippen molar-refractivity contribution in [1.82, 2.24) is 14.9 Å². The van der Waals surface area contributed by atoms with Crippen LogP contribution in [0.1, 0.15) is 49.5 Å². The molecular formula is C26H30N4O3S. The fourth-order valence-electron chi connectivity index (χ4n) is 4.71. The third-order valence-electron chi connectivity index (χ3n) is 6.87. The quantitative estimate of drug-likeness (QED) is 0.550. The summed E-state index contributed by atoms with van der Waals surface area (Å²) in [5.41, 5.74) is 3.95. The van der Waals surface area contributed by atoms with Gasteiger partial charge in [0.1, 0.15) is 0 Å². The van der Waals surface area contributed by atoms with Crippen LogP contribution in [-0.2, 0) is 20.5 Å². The molecule has 8 heteroatoms. The maximum absolute atomic E-state index is 12.4. The van der Waals surface area contributed by atoms with Gasteiger partial charge < -0.3 is 19.9 Å². The lowest BCUT2D eigenvalue weighted by Gasteiger charge is -2.23. The van der Waals surface area contributed by atoms with Crippen LogP contribution >= 0.6 is 11.3 Å². The van der Waals surface area contributed by atoms with Crippen molar-refractivity contribution in [1.29, 1.82) is 0 Å². The second-order valence-electron chi connectivity index (χ2n) is 10.2. The molecule has 2 unspecified atom stereocenters. The van der Waals surface area contributed by atoms with Crippen LogP contribution in [0.25, 0.3) is 11.3 Å². The van der Waals surface area contributed by atoms with Crippen molar-refractivity contribution in [2.24, 2.45) is 5.92 Å². The van der Waals surface area contributed by atoms with Crippen LogP contribution in [0.4, 0.5) is 5.13 Å². The topological polar surface area (TPSA) is 85.3 Å². The molecule has 3 aromatic rings. The molecule has 2 aromatic heterocycles. The Morgan fingerprint density at radius 2 is 2.15 bits per heavy atom. The van der Waals surface area contributed by atoms with Crippen LogP contribution in [0, 0.1) is 5.92 Å². The van der Waals surface area contributed by atoms with Gasteiger partial charge in [0.05, 0.1) is 24.4 Å². The minimum Gasteiger partial charge on any atom is -0.381 e. The molecule has 34 heavy (non-hydrogen) atoms. The number of anilines is 1. The molecule has 2 fully saturated rings. The highest BCUT2D eigenvalue weighted by molar-refractivity contribution is 7.14. The monoisotopic (exact) mass is 478 g/mol. The number of hydrogen-bond acceptors (Lipinski definition) is 5. The molecule has 178 valence electrons. The molecule has 3 heterocycles. The van der Waals surface area contributed by atoms with E-state index in [2.05, 4.69) is 60.7 Å². The Labute approximate surface area is 203 Å². The first-order valence-corrected chi connectivity index (χ1v) is 12.5. The van der Waals surface area contributed by atoms with Gasteiger partial charge in [-0.1, -0.05) is 18.2 Å². The Kier molecular flexibility index (Phi) is 5.81. The van der Waals surface area contributed by atoms with Crippen molar-refractivity contribution >= 4 is 28.3 Å². The summed E-state index contributed by atoms with van der Waals surface area (Å²) in [5, 5.41) is 7.94. The number of hydrogen-bond donors (Lipinski definition) is 2. The van der Waals surface area contributed by atoms with Gasteiger partial charge >= 0.3 is 0 Å². The normalized spacial score (nSPS) is 21.6. The van der Waals surface area contributed by atoms with E-state index in [0.717, 1.165) is 30.9 Å². The first-order chi connectivity index (χ1) is 16.2. The first kappa shape index (κ1) is 22.8. The number of carbonyl (C=O) groups excluding carboxylic acids is 2. The summed E-state index contributed by atoms with van der Waals surface area (Å²) in [6.45, 7) is 7.76. The van der Waals surface area contributed by atoms with Gasteiger partial charge in [0.25, 0.3) is 5.91 Å². The Hall–Kier alpha value is -2.97. The number of thiazole rings is 1. The predicted octanol–water partition coefficient (Wildman–Crippen LogP) is 4.41. The molecule has 1 aromatic carbocycles. The number of nitrogens with zero attached hydrogens (tertiary/aromatic N) is 2. The molecule has 2 N–H and O–H groups in total. The minimum absolute atomic E-state index is 0.108. The Morgan fingerprint density at radius 3 is 2.91 bits per heavy atom. The third-order valence-corrected chi connectivity index (χ3v) is 7.62. The molecule has 1 saturated heterocycles. The first-order valence-electron chi connectivity index (χ1n) is 11.7. The van der Waals surface area contributed by atoms with Gasteiger partial charge in [0.2, 0.25) is 5.91 Å². The number of ether oxygens (including phenoxy) is 1. The van der Waals surface area contributed by atoms with Crippen LogP contribution in [-0.4, -0.2) is 41.1 Å². The minimum atomic E-state index is -0.305. The third kappa shape index (κ3) is 4.52. The van der Waals surface area contributed by atoms with E-state index in [4.69, 9.17) is 4.74 Å². The molecule has 0 spiro atoms. The summed E-state index contributed by atoms with van der Waals surface area (Å²) in [6, 6.07) is 10.3. The van der Waals surface area contributed by atoms with Crippen LogP contribution < -0.4 is 10.6 Å². The molecule has 7 nitrogen and oxygen atoms in total. The number of amides is 2. The van der Waals surface area contributed by atoms with Crippen LogP contribution in [0.15, 0.2) is 48.1 Å². The van der Waals surface area contributed by atoms with Gasteiger partial charge in [0, 0.05) is 40.9 Å². The van der Waals surface area contributed by atoms with E-state index in [9.17, 15) is 9.59 Å². The van der Waals surface area contributed by atoms with E-state index in [1.54, 1.807) is 12.3 Å². The number of benzene rings is 1. The molecule has 0 bridgehead atoms. The molecular weight excluding hydrogens is 448 g/mol. The lowest BCUT2D eigenvalue weighted by Crippen LogP contribution is -2.32. The SMILES string of the molecule is CC(C)(C)n1ccc(C(=O)NCC(=O)Nc2nc(-c3cccc(C45CCOCC4C5)c3)cs2)c1. The van der Waals surface area contributed by atoms with Crippen molar-refractivity contribution in [3.05, 3.63) is 59.2 Å². The zero-order valence-electron chi connectivity index (χ0n) is 19.8. The van der Waals surface area contributed by atoms with Gasteiger partial charge in [-0.15, -0.1) is 11.3 Å². The summed E-state index contributed by atoms with van der Waals surface area (Å²) in [6.07, 6.45) is 5.93. The molecule has 2 aliphatic rings. The second-order valence-corrected chi connectivity index (χ2v) is 11.1. The number of fused-ring (bicyclic) bond motifs is 1. The molecule has 2 atom stereocenters. The fraction of sp³-hybridized carbons (Fsp3) is 0.423. The predicted molar refractivity (Wildman–Crippen MR) is 133 cm³/mol. The van der Waals surface area contributed by atoms with Gasteiger partial charge in [-0.2, -0.15) is 0 Å². The van der Waals surface area contributed by atoms with E-state index in [0.29, 0.717) is 16.6 Å². The van der Waals surface area contributed by atoms with Gasteiger partial charge in [-0.3, -0.25) is 9.59 Å². The lowest BCUT2D eigenvalue weighted by atomic mass is 9.88. The van der Waals surface area contributed by atoms with E-state index in [1.807, 2.05) is 16.1 Å². The summed E-state index contributed by atoms with van der Waals surface area (Å²) in [4.78, 5) is 29.4. The van der Waals surface area contributed by atoms with Crippen molar-refractivity contribution in [3.8, 4) is 11.3 Å². The molecule has 0 radical (unpaired) electrons. The van der Waals surface area contributed by atoms with E-state index >= 15 is 0 Å². The Bertz CT molecular complexity index is 1220. The average molecular weight is 479 g/mol. The summed E-state index contributed by atoms with van der Waals surface area (Å²) in [5.74, 6) is 0.0462. The molecule has 1 aliphatic heterocycles. The van der Waals surface area contributed by atoms with E-state index in [-0.39, 0.29) is 29.3 Å². The van der Waals surface area contributed by atoms with E-state index < -0.39 is 0 Å². The Balaban J connectivity index is 1.18. The number of rotatable bonds is 6. The molecule has 1 aliphatic carbocycles. The summed E-state index contributed by atoms with van der Waals surface area (Å²) >= 11 is 1.38. The highest BCUT2D eigenvalue weighted by Crippen LogP contribution is 2.59. The summed E-state index contributed by atoms with van der Waals surface area (Å²) in [7, 11) is 0. The lowest BCUT2D eigenvalue weighted by molar-refractivity contribution is -0.115. The molecule has 5 rings (SSSR count). The largest absolute Gasteiger partial charge is 0.381 e. The molecule has 2 amide bonds. The highest BCUT2D eigenvalue weighted by atomic mass is 32.1. The zero-order chi connectivity index (χ0) is 23.9. The van der Waals surface area contributed by atoms with E-state index in [1.165, 1.54) is 23.3 Å². The van der Waals surface area contributed by atoms with Crippen LogP contribution in [0.2, 0.25) is 0 Å². The van der Waals surface area contributed by atoms with Gasteiger partial charge in [0.15, 0.2) is 5.13 Å². The van der Waals surface area contributed by atoms with Crippen molar-refractivity contribution in [2.45, 2.75) is 44.6 Å².